The number of amides is 1. The lowest BCUT2D eigenvalue weighted by molar-refractivity contribution is 0.100. The summed E-state index contributed by atoms with van der Waals surface area (Å²) in [5.41, 5.74) is 5.03. The van der Waals surface area contributed by atoms with Crippen LogP contribution in [0, 0.1) is 11.6 Å². The maximum absolute atomic E-state index is 13.1. The Balaban J connectivity index is 2.38. The van der Waals surface area contributed by atoms with Gasteiger partial charge in [-0.25, -0.2) is 17.2 Å². The van der Waals surface area contributed by atoms with Crippen LogP contribution in [0.25, 0.3) is 0 Å². The number of sulfonamides is 1. The molecule has 0 atom stereocenters. The summed E-state index contributed by atoms with van der Waals surface area (Å²) in [6.07, 6.45) is 0. The molecule has 0 unspecified atom stereocenters. The molecule has 0 heterocycles. The number of carbonyl (C=O) groups excluding carboxylic acids is 1. The van der Waals surface area contributed by atoms with E-state index in [1.54, 1.807) is 0 Å². The minimum absolute atomic E-state index is 0.00272. The first-order valence-corrected chi connectivity index (χ1v) is 7.64. The number of nitrogens with one attached hydrogen (secondary N) is 1. The monoisotopic (exact) mass is 346 g/mol. The smallest absolute Gasteiger partial charge is 0.261 e. The van der Waals surface area contributed by atoms with E-state index >= 15 is 0 Å². The van der Waals surface area contributed by atoms with Crippen molar-refractivity contribution in [3.63, 3.8) is 0 Å². The first-order chi connectivity index (χ1) is 10.2. The fraction of sp³-hybridized carbons (Fsp3) is 0. The van der Waals surface area contributed by atoms with Gasteiger partial charge in [0.05, 0.1) is 15.5 Å². The third kappa shape index (κ3) is 3.34. The molecule has 0 spiro atoms. The average Bonchev–Trinajstić information content (AvgIpc) is 2.43. The van der Waals surface area contributed by atoms with Gasteiger partial charge in [0.1, 0.15) is 0 Å². The van der Waals surface area contributed by atoms with E-state index in [1.165, 1.54) is 12.1 Å². The third-order valence-electron chi connectivity index (χ3n) is 2.69. The summed E-state index contributed by atoms with van der Waals surface area (Å²) < 4.78 is 52.3. The number of rotatable bonds is 4. The number of carbonyl (C=O) groups is 1. The van der Waals surface area contributed by atoms with Crippen molar-refractivity contribution in [3.05, 3.63) is 58.6 Å². The van der Waals surface area contributed by atoms with Gasteiger partial charge in [-0.15, -0.1) is 0 Å². The highest BCUT2D eigenvalue weighted by atomic mass is 35.5. The molecule has 1 amide bonds. The Kier molecular flexibility index (Phi) is 4.34. The third-order valence-corrected chi connectivity index (χ3v) is 4.39. The summed E-state index contributed by atoms with van der Waals surface area (Å²) in [4.78, 5) is 10.7. The quantitative estimate of drug-likeness (QED) is 0.891. The number of hydrogen-bond donors (Lipinski definition) is 2. The second-order valence-corrected chi connectivity index (χ2v) is 6.33. The van der Waals surface area contributed by atoms with Gasteiger partial charge in [-0.05, 0) is 36.4 Å². The van der Waals surface area contributed by atoms with E-state index in [2.05, 4.69) is 4.72 Å². The van der Waals surface area contributed by atoms with Crippen molar-refractivity contribution in [1.29, 1.82) is 0 Å². The SMILES string of the molecule is NC(=O)c1cc(NS(=O)(=O)c2ccc(F)c(F)c2)ccc1Cl. The molecular weight excluding hydrogens is 338 g/mol. The molecule has 0 saturated heterocycles. The molecule has 2 rings (SSSR count). The summed E-state index contributed by atoms with van der Waals surface area (Å²) in [5.74, 6) is -3.29. The molecule has 0 aliphatic carbocycles. The van der Waals surface area contributed by atoms with Crippen LogP contribution in [0.2, 0.25) is 5.02 Å². The maximum Gasteiger partial charge on any atom is 0.261 e. The Morgan fingerprint density at radius 3 is 2.36 bits per heavy atom. The molecule has 0 saturated carbocycles. The summed E-state index contributed by atoms with van der Waals surface area (Å²) in [6, 6.07) is 5.87. The van der Waals surface area contributed by atoms with E-state index in [4.69, 9.17) is 17.3 Å². The zero-order valence-electron chi connectivity index (χ0n) is 10.8. The number of benzene rings is 2. The lowest BCUT2D eigenvalue weighted by Crippen LogP contribution is -2.15. The van der Waals surface area contributed by atoms with Crippen LogP contribution in [0.1, 0.15) is 10.4 Å². The van der Waals surface area contributed by atoms with Crippen LogP contribution in [0.4, 0.5) is 14.5 Å². The van der Waals surface area contributed by atoms with Crippen LogP contribution in [0.5, 0.6) is 0 Å². The minimum Gasteiger partial charge on any atom is -0.366 e. The standard InChI is InChI=1S/C13H9ClF2N2O3S/c14-10-3-1-7(5-9(10)13(17)19)18-22(20,21)8-2-4-11(15)12(16)6-8/h1-6,18H,(H2,17,19). The van der Waals surface area contributed by atoms with Crippen LogP contribution >= 0.6 is 11.6 Å². The molecule has 3 N–H and O–H groups in total. The van der Waals surface area contributed by atoms with Crippen molar-refractivity contribution in [3.8, 4) is 0 Å². The molecule has 5 nitrogen and oxygen atoms in total. The molecule has 22 heavy (non-hydrogen) atoms. The highest BCUT2D eigenvalue weighted by Crippen LogP contribution is 2.23. The lowest BCUT2D eigenvalue weighted by atomic mass is 10.2. The molecule has 9 heteroatoms. The van der Waals surface area contributed by atoms with Gasteiger partial charge in [-0.3, -0.25) is 9.52 Å². The zero-order chi connectivity index (χ0) is 16.5. The van der Waals surface area contributed by atoms with Crippen LogP contribution in [-0.4, -0.2) is 14.3 Å². The van der Waals surface area contributed by atoms with E-state index in [-0.39, 0.29) is 16.3 Å². The highest BCUT2D eigenvalue weighted by molar-refractivity contribution is 7.92. The van der Waals surface area contributed by atoms with Gasteiger partial charge in [0, 0.05) is 5.69 Å². The van der Waals surface area contributed by atoms with Crippen molar-refractivity contribution >= 4 is 33.2 Å². The number of primary amides is 1. The topological polar surface area (TPSA) is 89.3 Å². The van der Waals surface area contributed by atoms with Crippen LogP contribution in [-0.2, 0) is 10.0 Å². The van der Waals surface area contributed by atoms with Gasteiger partial charge in [-0.1, -0.05) is 11.6 Å². The fourth-order valence-corrected chi connectivity index (χ4v) is 2.91. The lowest BCUT2D eigenvalue weighted by Gasteiger charge is -2.10. The first-order valence-electron chi connectivity index (χ1n) is 5.78. The summed E-state index contributed by atoms with van der Waals surface area (Å²) >= 11 is 5.75. The second kappa shape index (κ2) is 5.90. The second-order valence-electron chi connectivity index (χ2n) is 4.24. The number of hydrogen-bond acceptors (Lipinski definition) is 3. The molecule has 0 bridgehead atoms. The molecule has 0 aromatic heterocycles. The Bertz CT molecular complexity index is 856. The Morgan fingerprint density at radius 1 is 1.09 bits per heavy atom. The zero-order valence-corrected chi connectivity index (χ0v) is 12.4. The molecule has 116 valence electrons. The predicted molar refractivity (Wildman–Crippen MR) is 77.1 cm³/mol. The average molecular weight is 347 g/mol. The number of halogens is 3. The van der Waals surface area contributed by atoms with Gasteiger partial charge in [0.2, 0.25) is 5.91 Å². The molecule has 0 fully saturated rings. The first kappa shape index (κ1) is 16.2. The summed E-state index contributed by atoms with van der Waals surface area (Å²) in [6.45, 7) is 0. The molecule has 0 radical (unpaired) electrons. The van der Waals surface area contributed by atoms with Crippen molar-refractivity contribution < 1.29 is 22.0 Å². The number of nitrogens with two attached hydrogens (primary N) is 1. The molecule has 0 aliphatic rings. The van der Waals surface area contributed by atoms with Crippen molar-refractivity contribution in [2.75, 3.05) is 4.72 Å². The van der Waals surface area contributed by atoms with Gasteiger partial charge in [0.25, 0.3) is 10.0 Å². The largest absolute Gasteiger partial charge is 0.366 e. The van der Waals surface area contributed by atoms with Gasteiger partial charge >= 0.3 is 0 Å². The van der Waals surface area contributed by atoms with E-state index < -0.39 is 32.5 Å². The van der Waals surface area contributed by atoms with E-state index in [9.17, 15) is 22.0 Å². The molecule has 2 aromatic carbocycles. The van der Waals surface area contributed by atoms with E-state index in [0.29, 0.717) is 12.1 Å². The van der Waals surface area contributed by atoms with Crippen molar-refractivity contribution in [2.24, 2.45) is 5.73 Å². The van der Waals surface area contributed by atoms with Gasteiger partial charge in [0.15, 0.2) is 11.6 Å². The van der Waals surface area contributed by atoms with Crippen LogP contribution in [0.3, 0.4) is 0 Å². The fourth-order valence-electron chi connectivity index (χ4n) is 1.64. The molecular formula is C13H9ClF2N2O3S. The highest BCUT2D eigenvalue weighted by Gasteiger charge is 2.18. The molecule has 2 aromatic rings. The van der Waals surface area contributed by atoms with E-state index in [0.717, 1.165) is 12.1 Å². The van der Waals surface area contributed by atoms with Crippen molar-refractivity contribution in [1.82, 2.24) is 0 Å². The Hall–Kier alpha value is -2.19. The van der Waals surface area contributed by atoms with Crippen LogP contribution in [0.15, 0.2) is 41.3 Å². The molecule has 0 aliphatic heterocycles. The van der Waals surface area contributed by atoms with E-state index in [1.807, 2.05) is 0 Å². The van der Waals surface area contributed by atoms with Gasteiger partial charge < -0.3 is 5.73 Å². The van der Waals surface area contributed by atoms with Gasteiger partial charge in [-0.2, -0.15) is 0 Å². The Labute approximate surface area is 129 Å². The normalized spacial score (nSPS) is 11.2. The predicted octanol–water partition coefficient (Wildman–Crippen LogP) is 2.52. The maximum atomic E-state index is 13.1. The number of anilines is 1. The summed E-state index contributed by atoms with van der Waals surface area (Å²) in [5, 5.41) is 0.0586. The minimum atomic E-state index is -4.16. The van der Waals surface area contributed by atoms with Crippen LogP contribution < -0.4 is 10.5 Å². The Morgan fingerprint density at radius 2 is 1.77 bits per heavy atom. The van der Waals surface area contributed by atoms with Crippen molar-refractivity contribution in [2.45, 2.75) is 4.90 Å². The summed E-state index contributed by atoms with van der Waals surface area (Å²) in [7, 11) is -4.16.